The number of hydrogen-bond acceptors (Lipinski definition) is 9. The molecule has 0 spiro atoms. The van der Waals surface area contributed by atoms with E-state index < -0.39 is 6.61 Å². The predicted octanol–water partition coefficient (Wildman–Crippen LogP) is 0.931. The standard InChI is InChI=1S/C22H27F2N7O4/c1-15(32)31-7-6-18(13-31)35-28-20(33)14-29-8-10-30(11-9-29)22-26-19(12-25-27-22)16-2-4-17(5-3-16)34-21(23)24/h2-5,12,18,21H,6-11,13-14H2,1H3,(H,28,33)/t18-/m0/s1. The molecule has 2 aromatic rings. The molecule has 11 nitrogen and oxygen atoms in total. The number of alkyl halides is 2. The van der Waals surface area contributed by atoms with Crippen molar-refractivity contribution in [3.63, 3.8) is 0 Å². The van der Waals surface area contributed by atoms with Crippen molar-refractivity contribution in [1.29, 1.82) is 0 Å². The van der Waals surface area contributed by atoms with E-state index in [1.165, 1.54) is 25.3 Å². The van der Waals surface area contributed by atoms with Crippen LogP contribution in [0.3, 0.4) is 0 Å². The first-order valence-electron chi connectivity index (χ1n) is 11.3. The molecule has 2 fully saturated rings. The summed E-state index contributed by atoms with van der Waals surface area (Å²) >= 11 is 0. The number of halogens is 2. The first kappa shape index (κ1) is 24.7. The molecular formula is C22H27F2N7O4. The first-order chi connectivity index (χ1) is 16.9. The average Bonchev–Trinajstić information content (AvgIpc) is 3.33. The molecule has 2 saturated heterocycles. The number of benzene rings is 1. The van der Waals surface area contributed by atoms with Gasteiger partial charge in [-0.3, -0.25) is 19.3 Å². The van der Waals surface area contributed by atoms with Crippen molar-refractivity contribution in [1.82, 2.24) is 30.5 Å². The largest absolute Gasteiger partial charge is 0.435 e. The number of likely N-dealkylation sites (tertiary alicyclic amines) is 1. The highest BCUT2D eigenvalue weighted by atomic mass is 19.3. The molecule has 13 heteroatoms. The van der Waals surface area contributed by atoms with Crippen LogP contribution in [0.1, 0.15) is 13.3 Å². The topological polar surface area (TPSA) is 113 Å². The molecule has 2 aliphatic heterocycles. The Labute approximate surface area is 201 Å². The zero-order valence-electron chi connectivity index (χ0n) is 19.3. The summed E-state index contributed by atoms with van der Waals surface area (Å²) in [5.74, 6) is 0.290. The van der Waals surface area contributed by atoms with E-state index in [-0.39, 0.29) is 30.2 Å². The quantitative estimate of drug-likeness (QED) is 0.539. The first-order valence-corrected chi connectivity index (χ1v) is 11.3. The minimum absolute atomic E-state index is 0.00221. The Morgan fingerprint density at radius 3 is 2.54 bits per heavy atom. The summed E-state index contributed by atoms with van der Waals surface area (Å²) in [6.07, 6.45) is 2.01. The zero-order chi connectivity index (χ0) is 24.8. The fraction of sp³-hybridized carbons (Fsp3) is 0.500. The number of carbonyl (C=O) groups excluding carboxylic acids is 2. The Bertz CT molecular complexity index is 1020. The monoisotopic (exact) mass is 491 g/mol. The number of hydroxylamine groups is 1. The lowest BCUT2D eigenvalue weighted by Crippen LogP contribution is -2.50. The summed E-state index contributed by atoms with van der Waals surface area (Å²) in [5, 5.41) is 8.15. The molecule has 35 heavy (non-hydrogen) atoms. The van der Waals surface area contributed by atoms with E-state index in [0.717, 1.165) is 0 Å². The van der Waals surface area contributed by atoms with Crippen molar-refractivity contribution < 1.29 is 27.9 Å². The van der Waals surface area contributed by atoms with Crippen LogP contribution >= 0.6 is 0 Å². The van der Waals surface area contributed by atoms with Gasteiger partial charge in [0.2, 0.25) is 11.9 Å². The SMILES string of the molecule is CC(=O)N1CC[C@H](ONC(=O)CN2CCN(c3nncc(-c4ccc(OC(F)F)cc4)n3)CC2)C1. The number of rotatable bonds is 8. The molecule has 1 atom stereocenters. The second-order valence-corrected chi connectivity index (χ2v) is 8.33. The molecule has 188 valence electrons. The number of amides is 2. The summed E-state index contributed by atoms with van der Waals surface area (Å²) in [4.78, 5) is 39.3. The lowest BCUT2D eigenvalue weighted by molar-refractivity contribution is -0.139. The van der Waals surface area contributed by atoms with Gasteiger partial charge in [-0.1, -0.05) is 0 Å². The number of anilines is 1. The van der Waals surface area contributed by atoms with E-state index in [4.69, 9.17) is 4.84 Å². The van der Waals surface area contributed by atoms with Gasteiger partial charge in [-0.25, -0.2) is 10.5 Å². The van der Waals surface area contributed by atoms with Crippen LogP contribution in [0.4, 0.5) is 14.7 Å². The number of aromatic nitrogens is 3. The van der Waals surface area contributed by atoms with Gasteiger partial charge in [0.05, 0.1) is 18.4 Å². The lowest BCUT2D eigenvalue weighted by Gasteiger charge is -2.34. The second kappa shape index (κ2) is 11.3. The van der Waals surface area contributed by atoms with Crippen LogP contribution in [0.2, 0.25) is 0 Å². The van der Waals surface area contributed by atoms with Crippen LogP contribution < -0.4 is 15.1 Å². The van der Waals surface area contributed by atoms with E-state index in [1.54, 1.807) is 17.0 Å². The minimum Gasteiger partial charge on any atom is -0.435 e. The molecule has 0 aliphatic carbocycles. The molecule has 1 aromatic heterocycles. The van der Waals surface area contributed by atoms with Gasteiger partial charge in [-0.05, 0) is 30.7 Å². The smallest absolute Gasteiger partial charge is 0.387 e. The summed E-state index contributed by atoms with van der Waals surface area (Å²) in [5.41, 5.74) is 3.76. The predicted molar refractivity (Wildman–Crippen MR) is 120 cm³/mol. The number of carbonyl (C=O) groups is 2. The van der Waals surface area contributed by atoms with Crippen LogP contribution in [0.15, 0.2) is 30.5 Å². The number of ether oxygens (including phenoxy) is 1. The number of nitrogens with one attached hydrogen (secondary N) is 1. The maximum absolute atomic E-state index is 12.3. The third kappa shape index (κ3) is 6.79. The molecule has 0 unspecified atom stereocenters. The highest BCUT2D eigenvalue weighted by Gasteiger charge is 2.26. The molecular weight excluding hydrogens is 464 g/mol. The molecule has 1 aromatic carbocycles. The normalized spacial score (nSPS) is 18.7. The van der Waals surface area contributed by atoms with Gasteiger partial charge < -0.3 is 14.5 Å². The van der Waals surface area contributed by atoms with Gasteiger partial charge in [0.1, 0.15) is 11.9 Å². The van der Waals surface area contributed by atoms with Gasteiger partial charge in [-0.15, -0.1) is 5.10 Å². The van der Waals surface area contributed by atoms with E-state index in [0.29, 0.717) is 62.9 Å². The maximum Gasteiger partial charge on any atom is 0.387 e. The molecule has 0 bridgehead atoms. The third-order valence-electron chi connectivity index (χ3n) is 5.88. The summed E-state index contributed by atoms with van der Waals surface area (Å²) in [7, 11) is 0. The van der Waals surface area contributed by atoms with Crippen molar-refractivity contribution in [3.05, 3.63) is 30.5 Å². The highest BCUT2D eigenvalue weighted by Crippen LogP contribution is 2.23. The maximum atomic E-state index is 12.3. The van der Waals surface area contributed by atoms with E-state index in [1.807, 2.05) is 9.80 Å². The molecule has 2 amide bonds. The molecule has 2 aliphatic rings. The molecule has 1 N–H and O–H groups in total. The van der Waals surface area contributed by atoms with Crippen molar-refractivity contribution >= 4 is 17.8 Å². The Morgan fingerprint density at radius 2 is 1.89 bits per heavy atom. The molecule has 0 saturated carbocycles. The van der Waals surface area contributed by atoms with Crippen LogP contribution in [0, 0.1) is 0 Å². The molecule has 3 heterocycles. The Morgan fingerprint density at radius 1 is 1.14 bits per heavy atom. The molecule has 0 radical (unpaired) electrons. The number of piperazine rings is 1. The van der Waals surface area contributed by atoms with Gasteiger partial charge in [0.25, 0.3) is 5.91 Å². The highest BCUT2D eigenvalue weighted by molar-refractivity contribution is 5.77. The van der Waals surface area contributed by atoms with Crippen molar-refractivity contribution in [2.24, 2.45) is 0 Å². The minimum atomic E-state index is -2.88. The third-order valence-corrected chi connectivity index (χ3v) is 5.88. The van der Waals surface area contributed by atoms with Crippen LogP contribution in [0.5, 0.6) is 5.75 Å². The lowest BCUT2D eigenvalue weighted by atomic mass is 10.1. The van der Waals surface area contributed by atoms with Crippen molar-refractivity contribution in [3.8, 4) is 17.0 Å². The summed E-state index contributed by atoms with van der Waals surface area (Å²) in [6.45, 7) is 2.42. The molecule has 4 rings (SSSR count). The second-order valence-electron chi connectivity index (χ2n) is 8.33. The van der Waals surface area contributed by atoms with Gasteiger partial charge in [-0.2, -0.15) is 13.9 Å². The van der Waals surface area contributed by atoms with Crippen LogP contribution in [-0.2, 0) is 14.4 Å². The van der Waals surface area contributed by atoms with Crippen LogP contribution in [0.25, 0.3) is 11.3 Å². The zero-order valence-corrected chi connectivity index (χ0v) is 19.3. The Kier molecular flexibility index (Phi) is 7.98. The van der Waals surface area contributed by atoms with Crippen molar-refractivity contribution in [2.45, 2.75) is 26.1 Å². The van der Waals surface area contributed by atoms with Crippen LogP contribution in [-0.4, -0.2) is 95.3 Å². The summed E-state index contributed by atoms with van der Waals surface area (Å²) < 4.78 is 29.0. The Hall–Kier alpha value is -3.45. The van der Waals surface area contributed by atoms with E-state index in [2.05, 4.69) is 25.4 Å². The average molecular weight is 491 g/mol. The fourth-order valence-electron chi connectivity index (χ4n) is 3.98. The number of hydrogen-bond donors (Lipinski definition) is 1. The van der Waals surface area contributed by atoms with Gasteiger partial charge in [0, 0.05) is 51.8 Å². The van der Waals surface area contributed by atoms with Crippen molar-refractivity contribution in [2.75, 3.05) is 50.7 Å². The summed E-state index contributed by atoms with van der Waals surface area (Å²) in [6, 6.07) is 6.16. The van der Waals surface area contributed by atoms with Gasteiger partial charge >= 0.3 is 6.61 Å². The van der Waals surface area contributed by atoms with Gasteiger partial charge in [0.15, 0.2) is 0 Å². The van der Waals surface area contributed by atoms with E-state index >= 15 is 0 Å². The van der Waals surface area contributed by atoms with E-state index in [9.17, 15) is 18.4 Å². The Balaban J connectivity index is 1.23. The fourth-order valence-corrected chi connectivity index (χ4v) is 3.98. The number of nitrogens with zero attached hydrogens (tertiary/aromatic N) is 6.